The molecule has 0 aromatic carbocycles. The molecule has 2 fully saturated rings. The third-order valence-electron chi connectivity index (χ3n) is 4.22. The van der Waals surface area contributed by atoms with Crippen molar-refractivity contribution in [1.82, 2.24) is 9.80 Å². The van der Waals surface area contributed by atoms with Crippen LogP contribution in [0.5, 0.6) is 0 Å². The summed E-state index contributed by atoms with van der Waals surface area (Å²) in [6.45, 7) is 11.5. The molecule has 0 saturated carbocycles. The highest BCUT2D eigenvalue weighted by atomic mass is 16.6. The molecule has 0 aliphatic carbocycles. The lowest BCUT2D eigenvalue weighted by molar-refractivity contribution is 0.0150. The highest BCUT2D eigenvalue weighted by Gasteiger charge is 2.41. The van der Waals surface area contributed by atoms with E-state index in [1.54, 1.807) is 4.90 Å². The summed E-state index contributed by atoms with van der Waals surface area (Å²) in [5, 5.41) is 0. The van der Waals surface area contributed by atoms with Gasteiger partial charge in [-0.2, -0.15) is 0 Å². The lowest BCUT2D eigenvalue weighted by Gasteiger charge is -2.39. The van der Waals surface area contributed by atoms with Gasteiger partial charge in [-0.25, -0.2) is 9.59 Å². The van der Waals surface area contributed by atoms with Crippen LogP contribution in [-0.2, 0) is 9.47 Å². The average Bonchev–Trinajstić information content (AvgIpc) is 2.79. The van der Waals surface area contributed by atoms with E-state index in [2.05, 4.69) is 13.8 Å². The minimum Gasteiger partial charge on any atom is -0.447 e. The molecule has 2 saturated heterocycles. The molecule has 6 nitrogen and oxygen atoms in total. The van der Waals surface area contributed by atoms with E-state index in [4.69, 9.17) is 9.47 Å². The number of likely N-dealkylation sites (tertiary alicyclic amines) is 1. The summed E-state index contributed by atoms with van der Waals surface area (Å²) in [5.41, 5.74) is -0.477. The third kappa shape index (κ3) is 3.84. The smallest absolute Gasteiger partial charge is 0.410 e. The van der Waals surface area contributed by atoms with Crippen LogP contribution in [0.3, 0.4) is 0 Å². The van der Waals surface area contributed by atoms with Crippen LogP contribution in [0.4, 0.5) is 9.59 Å². The van der Waals surface area contributed by atoms with E-state index in [1.807, 2.05) is 25.7 Å². The van der Waals surface area contributed by atoms with Crippen LogP contribution < -0.4 is 0 Å². The Hall–Kier alpha value is -1.46. The number of cyclic esters (lactones) is 1. The SMILES string of the molecule is CC(C)[C@H]1COC(=O)N1C1CCN(C(=O)OC(C)(C)C)CC1. The first-order valence-electron chi connectivity index (χ1n) is 8.12. The van der Waals surface area contributed by atoms with Crippen molar-refractivity contribution in [3.05, 3.63) is 0 Å². The number of piperidine rings is 1. The first-order valence-corrected chi connectivity index (χ1v) is 8.12. The van der Waals surface area contributed by atoms with Crippen molar-refractivity contribution in [1.29, 1.82) is 0 Å². The molecule has 0 radical (unpaired) electrons. The van der Waals surface area contributed by atoms with Gasteiger partial charge in [0.15, 0.2) is 0 Å². The van der Waals surface area contributed by atoms with Gasteiger partial charge in [0.2, 0.25) is 0 Å². The predicted octanol–water partition coefficient (Wildman–Crippen LogP) is 2.86. The molecular weight excluding hydrogens is 284 g/mol. The zero-order valence-corrected chi connectivity index (χ0v) is 14.3. The Bertz CT molecular complexity index is 422. The van der Waals surface area contributed by atoms with E-state index in [0.29, 0.717) is 25.6 Å². The Morgan fingerprint density at radius 1 is 1.27 bits per heavy atom. The van der Waals surface area contributed by atoms with Gasteiger partial charge in [0, 0.05) is 19.1 Å². The van der Waals surface area contributed by atoms with Crippen molar-refractivity contribution in [2.75, 3.05) is 19.7 Å². The molecule has 126 valence electrons. The van der Waals surface area contributed by atoms with Gasteiger partial charge >= 0.3 is 12.2 Å². The quantitative estimate of drug-likeness (QED) is 0.786. The molecule has 1 atom stereocenters. The molecule has 2 amide bonds. The average molecular weight is 312 g/mol. The van der Waals surface area contributed by atoms with Crippen molar-refractivity contribution in [2.24, 2.45) is 5.92 Å². The van der Waals surface area contributed by atoms with Crippen LogP contribution in [-0.4, -0.2) is 59.4 Å². The molecule has 2 aliphatic heterocycles. The maximum atomic E-state index is 12.1. The molecule has 0 unspecified atom stereocenters. The van der Waals surface area contributed by atoms with Crippen LogP contribution in [0.15, 0.2) is 0 Å². The van der Waals surface area contributed by atoms with Crippen LogP contribution in [0, 0.1) is 5.92 Å². The Morgan fingerprint density at radius 2 is 1.86 bits per heavy atom. The monoisotopic (exact) mass is 312 g/mol. The van der Waals surface area contributed by atoms with E-state index in [9.17, 15) is 9.59 Å². The third-order valence-corrected chi connectivity index (χ3v) is 4.22. The number of nitrogens with zero attached hydrogens (tertiary/aromatic N) is 2. The van der Waals surface area contributed by atoms with Crippen molar-refractivity contribution in [3.8, 4) is 0 Å². The summed E-state index contributed by atoms with van der Waals surface area (Å²) >= 11 is 0. The largest absolute Gasteiger partial charge is 0.447 e. The topological polar surface area (TPSA) is 59.1 Å². The first kappa shape index (κ1) is 16.9. The molecule has 0 bridgehead atoms. The second-order valence-electron chi connectivity index (χ2n) is 7.49. The summed E-state index contributed by atoms with van der Waals surface area (Å²) in [6, 6.07) is 0.298. The summed E-state index contributed by atoms with van der Waals surface area (Å²) < 4.78 is 10.6. The van der Waals surface area contributed by atoms with Crippen molar-refractivity contribution < 1.29 is 19.1 Å². The highest BCUT2D eigenvalue weighted by Crippen LogP contribution is 2.27. The second kappa shape index (κ2) is 6.34. The second-order valence-corrected chi connectivity index (χ2v) is 7.49. The Labute approximate surface area is 132 Å². The zero-order valence-electron chi connectivity index (χ0n) is 14.3. The first-order chi connectivity index (χ1) is 10.2. The maximum absolute atomic E-state index is 12.1. The fraction of sp³-hybridized carbons (Fsp3) is 0.875. The lowest BCUT2D eigenvalue weighted by atomic mass is 9.98. The van der Waals surface area contributed by atoms with Gasteiger partial charge in [0.05, 0.1) is 6.04 Å². The number of amides is 2. The van der Waals surface area contributed by atoms with Crippen LogP contribution >= 0.6 is 0 Å². The highest BCUT2D eigenvalue weighted by molar-refractivity contribution is 5.71. The fourth-order valence-corrected chi connectivity index (χ4v) is 3.03. The van der Waals surface area contributed by atoms with Crippen LogP contribution in [0.25, 0.3) is 0 Å². The van der Waals surface area contributed by atoms with Crippen LogP contribution in [0.2, 0.25) is 0 Å². The number of hydrogen-bond donors (Lipinski definition) is 0. The van der Waals surface area contributed by atoms with E-state index >= 15 is 0 Å². The maximum Gasteiger partial charge on any atom is 0.410 e. The van der Waals surface area contributed by atoms with E-state index in [0.717, 1.165) is 12.8 Å². The molecule has 22 heavy (non-hydrogen) atoms. The molecule has 6 heteroatoms. The molecule has 2 heterocycles. The standard InChI is InChI=1S/C16H28N2O4/c1-11(2)13-10-21-15(20)18(13)12-6-8-17(9-7-12)14(19)22-16(3,4)5/h11-13H,6-10H2,1-5H3/t13-/m1/s1. The van der Waals surface area contributed by atoms with Gasteiger partial charge in [0.25, 0.3) is 0 Å². The lowest BCUT2D eigenvalue weighted by Crippen LogP contribution is -2.51. The normalized spacial score (nSPS) is 23.9. The number of rotatable bonds is 2. The minimum absolute atomic E-state index is 0.144. The van der Waals surface area contributed by atoms with Gasteiger partial charge in [-0.15, -0.1) is 0 Å². The van der Waals surface area contributed by atoms with Crippen molar-refractivity contribution >= 4 is 12.2 Å². The van der Waals surface area contributed by atoms with Gasteiger partial charge in [-0.05, 0) is 39.5 Å². The number of hydrogen-bond acceptors (Lipinski definition) is 4. The van der Waals surface area contributed by atoms with E-state index in [1.165, 1.54) is 0 Å². The van der Waals surface area contributed by atoms with Crippen molar-refractivity contribution in [3.63, 3.8) is 0 Å². The van der Waals surface area contributed by atoms with Gasteiger partial charge in [0.1, 0.15) is 12.2 Å². The Balaban J connectivity index is 1.91. The molecular formula is C16H28N2O4. The summed E-state index contributed by atoms with van der Waals surface area (Å²) in [7, 11) is 0. The zero-order chi connectivity index (χ0) is 16.5. The molecule has 0 spiro atoms. The molecule has 2 aliphatic rings. The number of ether oxygens (including phenoxy) is 2. The van der Waals surface area contributed by atoms with Gasteiger partial charge in [-0.1, -0.05) is 13.8 Å². The summed E-state index contributed by atoms with van der Waals surface area (Å²) in [5.74, 6) is 0.371. The van der Waals surface area contributed by atoms with E-state index < -0.39 is 5.60 Å². The number of carbonyl (C=O) groups is 2. The predicted molar refractivity (Wildman–Crippen MR) is 82.6 cm³/mol. The fourth-order valence-electron chi connectivity index (χ4n) is 3.03. The molecule has 0 aromatic heterocycles. The Kier molecular flexibility index (Phi) is 4.87. The minimum atomic E-state index is -0.477. The van der Waals surface area contributed by atoms with E-state index in [-0.39, 0.29) is 24.3 Å². The van der Waals surface area contributed by atoms with Gasteiger partial charge in [-0.3, -0.25) is 4.90 Å². The summed E-state index contributed by atoms with van der Waals surface area (Å²) in [4.78, 5) is 27.7. The molecule has 0 N–H and O–H groups in total. The molecule has 0 aromatic rings. The van der Waals surface area contributed by atoms with Crippen LogP contribution in [0.1, 0.15) is 47.5 Å². The number of carbonyl (C=O) groups excluding carboxylic acids is 2. The van der Waals surface area contributed by atoms with Crippen molar-refractivity contribution in [2.45, 2.75) is 65.1 Å². The summed E-state index contributed by atoms with van der Waals surface area (Å²) in [6.07, 6.45) is 1.07. The molecule has 2 rings (SSSR count). The Morgan fingerprint density at radius 3 is 2.36 bits per heavy atom. The van der Waals surface area contributed by atoms with Gasteiger partial charge < -0.3 is 14.4 Å².